The fourth-order valence-corrected chi connectivity index (χ4v) is 3.69. The van der Waals surface area contributed by atoms with Gasteiger partial charge >= 0.3 is 0 Å². The van der Waals surface area contributed by atoms with Crippen molar-refractivity contribution in [2.24, 2.45) is 5.92 Å². The lowest BCUT2D eigenvalue weighted by molar-refractivity contribution is 0.157. The molecule has 0 amide bonds. The lowest BCUT2D eigenvalue weighted by atomic mass is 9.93. The Hall–Kier alpha value is -1.00. The highest BCUT2D eigenvalue weighted by Crippen LogP contribution is 2.47. The molecule has 0 unspecified atom stereocenters. The van der Waals surface area contributed by atoms with Gasteiger partial charge in [0.15, 0.2) is 0 Å². The Bertz CT molecular complexity index is 655. The van der Waals surface area contributed by atoms with Crippen LogP contribution in [0.25, 0.3) is 10.8 Å². The number of benzene rings is 2. The van der Waals surface area contributed by atoms with Crippen molar-refractivity contribution >= 4 is 35.6 Å². The number of halogens is 2. The molecular weight excluding hydrogens is 331 g/mol. The molecule has 1 saturated heterocycles. The van der Waals surface area contributed by atoms with Crippen LogP contribution in [-0.2, 0) is 0 Å². The second kappa shape index (κ2) is 7.71. The molecule has 23 heavy (non-hydrogen) atoms. The summed E-state index contributed by atoms with van der Waals surface area (Å²) in [7, 11) is 0. The maximum absolute atomic E-state index is 10.1. The van der Waals surface area contributed by atoms with E-state index in [-0.39, 0.29) is 24.8 Å². The fraction of sp³-hybridized carbons (Fsp3) is 0.444. The third-order valence-electron chi connectivity index (χ3n) is 4.87. The van der Waals surface area contributed by atoms with Crippen molar-refractivity contribution in [3.8, 4) is 5.75 Å². The standard InChI is InChI=1S/C18H22N2O.2ClH/c21-17-8-7-16(14-3-1-2-4-15(14)17)18(13-5-6-13)20-11-9-19-10-12-20;;/h1-4,7-8,13,18-19,21H,5-6,9-12H2;2*1H/t18-;;/m0../s1. The van der Waals surface area contributed by atoms with Gasteiger partial charge in [-0.15, -0.1) is 24.8 Å². The van der Waals surface area contributed by atoms with Crippen LogP contribution in [-0.4, -0.2) is 36.2 Å². The summed E-state index contributed by atoms with van der Waals surface area (Å²) >= 11 is 0. The van der Waals surface area contributed by atoms with Gasteiger partial charge in [-0.3, -0.25) is 4.90 Å². The SMILES string of the molecule is Cl.Cl.Oc1ccc([C@H](C2CC2)N2CCNCC2)c2ccccc12. The molecule has 1 aliphatic carbocycles. The average molecular weight is 355 g/mol. The van der Waals surface area contributed by atoms with Crippen LogP contribution in [0.2, 0.25) is 0 Å². The predicted octanol–water partition coefficient (Wildman–Crippen LogP) is 3.75. The first-order valence-corrected chi connectivity index (χ1v) is 8.00. The van der Waals surface area contributed by atoms with E-state index in [0.717, 1.165) is 37.5 Å². The Morgan fingerprint density at radius 2 is 1.61 bits per heavy atom. The number of phenolic OH excluding ortho intramolecular Hbond substituents is 1. The fourth-order valence-electron chi connectivity index (χ4n) is 3.69. The largest absolute Gasteiger partial charge is 0.507 e. The third kappa shape index (κ3) is 3.58. The zero-order valence-electron chi connectivity index (χ0n) is 13.1. The summed E-state index contributed by atoms with van der Waals surface area (Å²) in [4.78, 5) is 2.63. The van der Waals surface area contributed by atoms with E-state index in [1.165, 1.54) is 23.8 Å². The molecule has 4 rings (SSSR count). The van der Waals surface area contributed by atoms with Crippen LogP contribution in [0.5, 0.6) is 5.75 Å². The van der Waals surface area contributed by atoms with Crippen molar-refractivity contribution in [1.29, 1.82) is 0 Å². The van der Waals surface area contributed by atoms with Crippen molar-refractivity contribution in [3.05, 3.63) is 42.0 Å². The van der Waals surface area contributed by atoms with E-state index in [1.807, 2.05) is 18.2 Å². The van der Waals surface area contributed by atoms with Gasteiger partial charge in [0, 0.05) is 37.6 Å². The van der Waals surface area contributed by atoms with Gasteiger partial charge in [0.2, 0.25) is 0 Å². The molecule has 2 fully saturated rings. The number of fused-ring (bicyclic) bond motifs is 1. The van der Waals surface area contributed by atoms with Crippen LogP contribution < -0.4 is 5.32 Å². The van der Waals surface area contributed by atoms with E-state index in [1.54, 1.807) is 0 Å². The number of phenols is 1. The molecule has 126 valence electrons. The van der Waals surface area contributed by atoms with E-state index < -0.39 is 0 Å². The molecule has 1 aliphatic heterocycles. The molecule has 3 nitrogen and oxygen atoms in total. The van der Waals surface area contributed by atoms with E-state index in [9.17, 15) is 5.11 Å². The topological polar surface area (TPSA) is 35.5 Å². The normalized spacial score (nSPS) is 19.7. The summed E-state index contributed by atoms with van der Waals surface area (Å²) in [6, 6.07) is 12.8. The predicted molar refractivity (Wildman–Crippen MR) is 100 cm³/mol. The Balaban J connectivity index is 0.000000960. The molecule has 2 N–H and O–H groups in total. The zero-order chi connectivity index (χ0) is 14.2. The van der Waals surface area contributed by atoms with E-state index in [4.69, 9.17) is 0 Å². The first-order chi connectivity index (χ1) is 10.3. The lowest BCUT2D eigenvalue weighted by Crippen LogP contribution is -2.45. The van der Waals surface area contributed by atoms with E-state index in [0.29, 0.717) is 11.8 Å². The van der Waals surface area contributed by atoms with Gasteiger partial charge in [0.1, 0.15) is 5.75 Å². The third-order valence-corrected chi connectivity index (χ3v) is 4.87. The smallest absolute Gasteiger partial charge is 0.123 e. The number of hydrogen-bond acceptors (Lipinski definition) is 3. The number of aromatic hydroxyl groups is 1. The first kappa shape index (κ1) is 18.3. The number of piperazine rings is 1. The van der Waals surface area contributed by atoms with Gasteiger partial charge in [-0.05, 0) is 35.8 Å². The molecule has 0 aromatic heterocycles. The number of nitrogens with zero attached hydrogens (tertiary/aromatic N) is 1. The Morgan fingerprint density at radius 1 is 0.957 bits per heavy atom. The van der Waals surface area contributed by atoms with Gasteiger partial charge in [0.25, 0.3) is 0 Å². The second-order valence-electron chi connectivity index (χ2n) is 6.29. The van der Waals surface area contributed by atoms with Gasteiger partial charge in [-0.2, -0.15) is 0 Å². The summed E-state index contributed by atoms with van der Waals surface area (Å²) in [5.74, 6) is 1.18. The van der Waals surface area contributed by atoms with Crippen molar-refractivity contribution in [2.45, 2.75) is 18.9 Å². The summed E-state index contributed by atoms with van der Waals surface area (Å²) in [5, 5.41) is 15.8. The first-order valence-electron chi connectivity index (χ1n) is 8.00. The molecule has 1 saturated carbocycles. The van der Waals surface area contributed by atoms with E-state index in [2.05, 4.69) is 28.4 Å². The Morgan fingerprint density at radius 3 is 2.26 bits per heavy atom. The van der Waals surface area contributed by atoms with Crippen LogP contribution in [0.1, 0.15) is 24.4 Å². The van der Waals surface area contributed by atoms with Gasteiger partial charge < -0.3 is 10.4 Å². The number of hydrogen-bond donors (Lipinski definition) is 2. The summed E-state index contributed by atoms with van der Waals surface area (Å²) in [6.45, 7) is 4.41. The van der Waals surface area contributed by atoms with Crippen molar-refractivity contribution in [3.63, 3.8) is 0 Å². The van der Waals surface area contributed by atoms with Crippen molar-refractivity contribution in [1.82, 2.24) is 10.2 Å². The van der Waals surface area contributed by atoms with Crippen LogP contribution >= 0.6 is 24.8 Å². The molecule has 2 aromatic carbocycles. The van der Waals surface area contributed by atoms with Crippen LogP contribution in [0.4, 0.5) is 0 Å². The molecule has 0 radical (unpaired) electrons. The van der Waals surface area contributed by atoms with Crippen LogP contribution in [0.15, 0.2) is 36.4 Å². The van der Waals surface area contributed by atoms with Crippen molar-refractivity contribution < 1.29 is 5.11 Å². The molecule has 1 atom stereocenters. The maximum atomic E-state index is 10.1. The van der Waals surface area contributed by atoms with Gasteiger partial charge in [0.05, 0.1) is 0 Å². The van der Waals surface area contributed by atoms with Gasteiger partial charge in [-0.25, -0.2) is 0 Å². The highest BCUT2D eigenvalue weighted by molar-refractivity contribution is 5.91. The quantitative estimate of drug-likeness (QED) is 0.880. The van der Waals surface area contributed by atoms with E-state index >= 15 is 0 Å². The van der Waals surface area contributed by atoms with Crippen molar-refractivity contribution in [2.75, 3.05) is 26.2 Å². The Kier molecular flexibility index (Phi) is 6.15. The molecule has 0 spiro atoms. The minimum atomic E-state index is 0. The Labute approximate surface area is 149 Å². The molecule has 5 heteroatoms. The molecule has 2 aromatic rings. The lowest BCUT2D eigenvalue weighted by Gasteiger charge is -2.36. The number of nitrogens with one attached hydrogen (secondary N) is 1. The second-order valence-corrected chi connectivity index (χ2v) is 6.29. The molecular formula is C18H24Cl2N2O. The summed E-state index contributed by atoms with van der Waals surface area (Å²) in [5.41, 5.74) is 1.40. The zero-order valence-corrected chi connectivity index (χ0v) is 14.7. The summed E-state index contributed by atoms with van der Waals surface area (Å²) < 4.78 is 0. The average Bonchev–Trinajstić information content (AvgIpc) is 3.36. The maximum Gasteiger partial charge on any atom is 0.123 e. The molecule has 0 bridgehead atoms. The monoisotopic (exact) mass is 354 g/mol. The summed E-state index contributed by atoms with van der Waals surface area (Å²) in [6.07, 6.45) is 2.67. The minimum Gasteiger partial charge on any atom is -0.507 e. The number of rotatable bonds is 3. The minimum absolute atomic E-state index is 0. The highest BCUT2D eigenvalue weighted by atomic mass is 35.5. The van der Waals surface area contributed by atoms with Crippen LogP contribution in [0, 0.1) is 5.92 Å². The van der Waals surface area contributed by atoms with Crippen LogP contribution in [0.3, 0.4) is 0 Å². The highest BCUT2D eigenvalue weighted by Gasteiger charge is 2.37. The van der Waals surface area contributed by atoms with Gasteiger partial charge in [-0.1, -0.05) is 30.3 Å². The molecule has 1 heterocycles. The molecule has 2 aliphatic rings.